The summed E-state index contributed by atoms with van der Waals surface area (Å²) in [5.74, 6) is 0.731. The van der Waals surface area contributed by atoms with Crippen LogP contribution in [0.15, 0.2) is 48.7 Å². The molecule has 0 aromatic carbocycles. The number of hydrogen-bond donors (Lipinski definition) is 1. The molecular weight excluding hydrogens is 252 g/mol. The minimum Gasteiger partial charge on any atom is -0.348 e. The smallest absolute Gasteiger partial charge is 0.246 e. The van der Waals surface area contributed by atoms with Crippen LogP contribution in [0.5, 0.6) is 0 Å². The molecule has 20 heavy (non-hydrogen) atoms. The van der Waals surface area contributed by atoms with Crippen molar-refractivity contribution in [1.29, 1.82) is 0 Å². The summed E-state index contributed by atoms with van der Waals surface area (Å²) in [6.07, 6.45) is 9.71. The van der Waals surface area contributed by atoms with Crippen LogP contribution in [-0.4, -0.2) is 20.4 Å². The molecule has 1 amide bonds. The van der Waals surface area contributed by atoms with E-state index in [0.717, 1.165) is 23.4 Å². The fourth-order valence-electron chi connectivity index (χ4n) is 1.90. The minimum absolute atomic E-state index is 0.0488. The number of nitrogens with one attached hydrogen (secondary N) is 1. The maximum Gasteiger partial charge on any atom is 0.246 e. The van der Waals surface area contributed by atoms with Crippen molar-refractivity contribution in [2.75, 3.05) is 0 Å². The first-order valence-electron chi connectivity index (χ1n) is 6.59. The van der Waals surface area contributed by atoms with Gasteiger partial charge in [0.05, 0.1) is 0 Å². The van der Waals surface area contributed by atoms with Crippen molar-refractivity contribution in [2.24, 2.45) is 0 Å². The zero-order chi connectivity index (χ0) is 14.4. The predicted octanol–water partition coefficient (Wildman–Crippen LogP) is 2.24. The molecule has 0 radical (unpaired) electrons. The SMILES string of the molecule is CCC=C(C)C(=O)NCc1cccnc1-n1ccnc1. The molecule has 0 fully saturated rings. The third-order valence-electron chi connectivity index (χ3n) is 2.92. The lowest BCUT2D eigenvalue weighted by molar-refractivity contribution is -0.117. The van der Waals surface area contributed by atoms with E-state index >= 15 is 0 Å². The molecule has 0 saturated heterocycles. The van der Waals surface area contributed by atoms with Crippen LogP contribution in [0.3, 0.4) is 0 Å². The van der Waals surface area contributed by atoms with Gasteiger partial charge in [0.25, 0.3) is 0 Å². The van der Waals surface area contributed by atoms with Gasteiger partial charge < -0.3 is 5.32 Å². The van der Waals surface area contributed by atoms with Gasteiger partial charge in [-0.3, -0.25) is 9.36 Å². The second-order valence-corrected chi connectivity index (χ2v) is 4.43. The minimum atomic E-state index is -0.0488. The number of rotatable bonds is 5. The van der Waals surface area contributed by atoms with E-state index in [-0.39, 0.29) is 5.91 Å². The predicted molar refractivity (Wildman–Crippen MR) is 77.3 cm³/mol. The van der Waals surface area contributed by atoms with Crippen molar-refractivity contribution in [3.05, 3.63) is 54.3 Å². The van der Waals surface area contributed by atoms with Crippen LogP contribution in [0.25, 0.3) is 5.82 Å². The van der Waals surface area contributed by atoms with Crippen LogP contribution in [0.4, 0.5) is 0 Å². The molecule has 0 aliphatic carbocycles. The average molecular weight is 270 g/mol. The largest absolute Gasteiger partial charge is 0.348 e. The van der Waals surface area contributed by atoms with E-state index in [1.165, 1.54) is 0 Å². The summed E-state index contributed by atoms with van der Waals surface area (Å²) in [7, 11) is 0. The van der Waals surface area contributed by atoms with E-state index in [4.69, 9.17) is 0 Å². The van der Waals surface area contributed by atoms with E-state index in [0.29, 0.717) is 6.54 Å². The van der Waals surface area contributed by atoms with Crippen LogP contribution >= 0.6 is 0 Å². The average Bonchev–Trinajstić information content (AvgIpc) is 2.99. The summed E-state index contributed by atoms with van der Waals surface area (Å²) in [4.78, 5) is 20.2. The summed E-state index contributed by atoms with van der Waals surface area (Å²) in [6.45, 7) is 4.27. The molecule has 5 heteroatoms. The molecule has 0 aliphatic rings. The van der Waals surface area contributed by atoms with Crippen molar-refractivity contribution in [3.63, 3.8) is 0 Å². The highest BCUT2D eigenvalue weighted by Crippen LogP contribution is 2.10. The molecule has 0 atom stereocenters. The van der Waals surface area contributed by atoms with Crippen LogP contribution in [0, 0.1) is 0 Å². The number of carbonyl (C=O) groups is 1. The lowest BCUT2D eigenvalue weighted by Gasteiger charge is -2.10. The monoisotopic (exact) mass is 270 g/mol. The summed E-state index contributed by atoms with van der Waals surface area (Å²) in [5, 5.41) is 2.90. The molecule has 1 N–H and O–H groups in total. The zero-order valence-electron chi connectivity index (χ0n) is 11.7. The quantitative estimate of drug-likeness (QED) is 0.848. The number of pyridine rings is 1. The Morgan fingerprint density at radius 2 is 2.30 bits per heavy atom. The van der Waals surface area contributed by atoms with Gasteiger partial charge in [0.15, 0.2) is 0 Å². The summed E-state index contributed by atoms with van der Waals surface area (Å²) >= 11 is 0. The molecule has 2 aromatic rings. The van der Waals surface area contributed by atoms with Crippen LogP contribution < -0.4 is 5.32 Å². The Morgan fingerprint density at radius 1 is 1.45 bits per heavy atom. The standard InChI is InChI=1S/C15H18N4O/c1-3-5-12(2)15(20)18-10-13-6-4-7-17-14(13)19-9-8-16-11-19/h4-9,11H,3,10H2,1-2H3,(H,18,20). The molecular formula is C15H18N4O. The highest BCUT2D eigenvalue weighted by atomic mass is 16.1. The van der Waals surface area contributed by atoms with Crippen LogP contribution in [0.2, 0.25) is 0 Å². The van der Waals surface area contributed by atoms with E-state index in [1.54, 1.807) is 18.7 Å². The molecule has 0 saturated carbocycles. The number of nitrogens with zero attached hydrogens (tertiary/aromatic N) is 3. The molecule has 0 aliphatic heterocycles. The van der Waals surface area contributed by atoms with Gasteiger partial charge in [0, 0.05) is 36.3 Å². The Hall–Kier alpha value is -2.43. The van der Waals surface area contributed by atoms with E-state index in [1.807, 2.05) is 42.8 Å². The maximum absolute atomic E-state index is 11.9. The van der Waals surface area contributed by atoms with Crippen molar-refractivity contribution in [2.45, 2.75) is 26.8 Å². The topological polar surface area (TPSA) is 59.8 Å². The number of amides is 1. The van der Waals surface area contributed by atoms with Gasteiger partial charge in [0.1, 0.15) is 12.1 Å². The van der Waals surface area contributed by atoms with Crippen molar-refractivity contribution >= 4 is 5.91 Å². The number of imidazole rings is 1. The molecule has 2 heterocycles. The second-order valence-electron chi connectivity index (χ2n) is 4.43. The zero-order valence-corrected chi connectivity index (χ0v) is 11.7. The summed E-state index contributed by atoms with van der Waals surface area (Å²) in [5.41, 5.74) is 1.68. The normalized spacial score (nSPS) is 11.4. The Labute approximate surface area is 118 Å². The van der Waals surface area contributed by atoms with Crippen molar-refractivity contribution < 1.29 is 4.79 Å². The van der Waals surface area contributed by atoms with Crippen LogP contribution in [-0.2, 0) is 11.3 Å². The Balaban J connectivity index is 2.11. The second kappa shape index (κ2) is 6.65. The highest BCUT2D eigenvalue weighted by molar-refractivity contribution is 5.92. The van der Waals surface area contributed by atoms with E-state index in [9.17, 15) is 4.79 Å². The van der Waals surface area contributed by atoms with Gasteiger partial charge in [-0.2, -0.15) is 0 Å². The third-order valence-corrected chi connectivity index (χ3v) is 2.92. The number of carbonyl (C=O) groups excluding carboxylic acids is 1. The first-order valence-corrected chi connectivity index (χ1v) is 6.59. The van der Waals surface area contributed by atoms with Crippen molar-refractivity contribution in [1.82, 2.24) is 19.9 Å². The van der Waals surface area contributed by atoms with Crippen LogP contribution in [0.1, 0.15) is 25.8 Å². The molecule has 5 nitrogen and oxygen atoms in total. The molecule has 0 bridgehead atoms. The summed E-state index contributed by atoms with van der Waals surface area (Å²) < 4.78 is 1.83. The lowest BCUT2D eigenvalue weighted by Crippen LogP contribution is -2.24. The molecule has 104 valence electrons. The number of allylic oxidation sites excluding steroid dienone is 1. The first kappa shape index (κ1) is 14.0. The fraction of sp³-hybridized carbons (Fsp3) is 0.267. The maximum atomic E-state index is 11.9. The van der Waals surface area contributed by atoms with E-state index in [2.05, 4.69) is 15.3 Å². The molecule has 2 rings (SSSR count). The van der Waals surface area contributed by atoms with Gasteiger partial charge in [-0.15, -0.1) is 0 Å². The van der Waals surface area contributed by atoms with Gasteiger partial charge in [-0.05, 0) is 19.4 Å². The highest BCUT2D eigenvalue weighted by Gasteiger charge is 2.08. The van der Waals surface area contributed by atoms with Gasteiger partial charge in [0.2, 0.25) is 5.91 Å². The Kier molecular flexibility index (Phi) is 4.65. The first-order chi connectivity index (χ1) is 9.72. The van der Waals surface area contributed by atoms with Crippen molar-refractivity contribution in [3.8, 4) is 5.82 Å². The molecule has 2 aromatic heterocycles. The Bertz CT molecular complexity index is 602. The lowest BCUT2D eigenvalue weighted by atomic mass is 10.2. The fourth-order valence-corrected chi connectivity index (χ4v) is 1.90. The number of aromatic nitrogens is 3. The summed E-state index contributed by atoms with van der Waals surface area (Å²) in [6, 6.07) is 3.80. The molecule has 0 spiro atoms. The Morgan fingerprint density at radius 3 is 3.00 bits per heavy atom. The van der Waals surface area contributed by atoms with Gasteiger partial charge >= 0.3 is 0 Å². The number of hydrogen-bond acceptors (Lipinski definition) is 3. The van der Waals surface area contributed by atoms with Gasteiger partial charge in [-0.1, -0.05) is 19.1 Å². The van der Waals surface area contributed by atoms with Gasteiger partial charge in [-0.25, -0.2) is 9.97 Å². The molecule has 0 unspecified atom stereocenters. The van der Waals surface area contributed by atoms with E-state index < -0.39 is 0 Å². The third kappa shape index (κ3) is 3.32.